The molecule has 1 unspecified atom stereocenters. The molecule has 0 radical (unpaired) electrons. The van der Waals surface area contributed by atoms with Gasteiger partial charge in [-0.1, -0.05) is 11.6 Å². The number of amides is 2. The first-order valence-electron chi connectivity index (χ1n) is 9.47. The number of imidazole rings is 1. The Bertz CT molecular complexity index is 1380. The van der Waals surface area contributed by atoms with Crippen LogP contribution in [-0.2, 0) is 6.18 Å². The predicted molar refractivity (Wildman–Crippen MR) is 109 cm³/mol. The Morgan fingerprint density at radius 1 is 1.06 bits per heavy atom. The lowest BCUT2D eigenvalue weighted by Crippen LogP contribution is -2.25. The van der Waals surface area contributed by atoms with Gasteiger partial charge in [-0.05, 0) is 13.0 Å². The van der Waals surface area contributed by atoms with E-state index in [1.165, 1.54) is 6.20 Å². The highest BCUT2D eigenvalue weighted by molar-refractivity contribution is 6.29. The van der Waals surface area contributed by atoms with Crippen LogP contribution in [-0.4, -0.2) is 46.8 Å². The quantitative estimate of drug-likeness (QED) is 0.378. The van der Waals surface area contributed by atoms with E-state index in [9.17, 15) is 31.1 Å². The van der Waals surface area contributed by atoms with Crippen LogP contribution >= 0.6 is 11.6 Å². The first-order chi connectivity index (χ1) is 16.3. The molecule has 184 valence electrons. The highest BCUT2D eigenvalue weighted by Crippen LogP contribution is 2.40. The number of aromatic nitrogens is 7. The number of halogens is 7. The number of hydrogen-bond acceptors (Lipinski definition) is 6. The second kappa shape index (κ2) is 8.68. The molecule has 4 rings (SSSR count). The average Bonchev–Trinajstić information content (AvgIpc) is 3.41. The summed E-state index contributed by atoms with van der Waals surface area (Å²) < 4.78 is 82.1. The van der Waals surface area contributed by atoms with Crippen molar-refractivity contribution in [1.82, 2.24) is 34.6 Å². The molecule has 10 nitrogen and oxygen atoms in total. The largest absolute Gasteiger partial charge is 0.420 e. The molecule has 4 heterocycles. The van der Waals surface area contributed by atoms with Gasteiger partial charge < -0.3 is 10.6 Å². The fourth-order valence-corrected chi connectivity index (χ4v) is 3.29. The van der Waals surface area contributed by atoms with Crippen molar-refractivity contribution >= 4 is 34.7 Å². The Morgan fingerprint density at radius 2 is 1.74 bits per heavy atom. The number of anilines is 2. The summed E-state index contributed by atoms with van der Waals surface area (Å²) in [5.74, 6) is -2.73. The molecule has 0 saturated carbocycles. The lowest BCUT2D eigenvalue weighted by Gasteiger charge is -2.20. The van der Waals surface area contributed by atoms with Crippen LogP contribution in [0.5, 0.6) is 0 Å². The van der Waals surface area contributed by atoms with Crippen molar-refractivity contribution in [3.8, 4) is 5.82 Å². The van der Waals surface area contributed by atoms with Crippen molar-refractivity contribution in [3.63, 3.8) is 0 Å². The van der Waals surface area contributed by atoms with Gasteiger partial charge in [0.25, 0.3) is 0 Å². The molecule has 0 fully saturated rings. The number of carbonyl (C=O) groups excluding carboxylic acids is 1. The zero-order valence-electron chi connectivity index (χ0n) is 17.2. The van der Waals surface area contributed by atoms with Gasteiger partial charge >= 0.3 is 18.4 Å². The fourth-order valence-electron chi connectivity index (χ4n) is 3.12. The lowest BCUT2D eigenvalue weighted by atomic mass is 10.0. The standard InChI is InChI=1S/C18H12ClF6N9O/c1-8(17(20,21)22)13-11(6-29-33-7-12(19)32-15(13)33)31-16(35)30-9-4-10(18(23,24)25)14(26-5-9)34-27-2-3-28-34/h2-8H,1H3,(H2,30,31,35). The normalized spacial score (nSPS) is 13.1. The molecule has 0 aromatic carbocycles. The molecule has 0 aliphatic carbocycles. The first kappa shape index (κ1) is 24.2. The van der Waals surface area contributed by atoms with Gasteiger partial charge in [-0.15, -0.1) is 4.80 Å². The molecular weight excluding hydrogens is 508 g/mol. The van der Waals surface area contributed by atoms with E-state index in [1.807, 2.05) is 0 Å². The van der Waals surface area contributed by atoms with Crippen LogP contribution in [0.25, 0.3) is 11.5 Å². The van der Waals surface area contributed by atoms with Crippen molar-refractivity contribution in [2.75, 3.05) is 10.6 Å². The van der Waals surface area contributed by atoms with E-state index >= 15 is 0 Å². The number of nitrogens with one attached hydrogen (secondary N) is 2. The van der Waals surface area contributed by atoms with Gasteiger partial charge in [-0.2, -0.15) is 41.6 Å². The van der Waals surface area contributed by atoms with Gasteiger partial charge in [0.15, 0.2) is 11.5 Å². The van der Waals surface area contributed by atoms with Crippen molar-refractivity contribution < 1.29 is 31.1 Å². The summed E-state index contributed by atoms with van der Waals surface area (Å²) >= 11 is 5.78. The Hall–Kier alpha value is -3.95. The van der Waals surface area contributed by atoms with Gasteiger partial charge in [0, 0.05) is 5.56 Å². The smallest absolute Gasteiger partial charge is 0.306 e. The van der Waals surface area contributed by atoms with Crippen LogP contribution in [0.2, 0.25) is 5.15 Å². The molecule has 0 bridgehead atoms. The minimum atomic E-state index is -4.88. The Morgan fingerprint density at radius 3 is 2.37 bits per heavy atom. The van der Waals surface area contributed by atoms with E-state index in [0.29, 0.717) is 10.9 Å². The zero-order chi connectivity index (χ0) is 25.5. The lowest BCUT2D eigenvalue weighted by molar-refractivity contribution is -0.146. The Kier molecular flexibility index (Phi) is 6.00. The monoisotopic (exact) mass is 519 g/mol. The molecule has 0 aliphatic rings. The van der Waals surface area contributed by atoms with Crippen molar-refractivity contribution in [1.29, 1.82) is 0 Å². The average molecular weight is 520 g/mol. The molecule has 0 spiro atoms. The molecule has 4 aromatic rings. The Balaban J connectivity index is 1.66. The zero-order valence-corrected chi connectivity index (χ0v) is 18.0. The summed E-state index contributed by atoms with van der Waals surface area (Å²) in [7, 11) is 0. The van der Waals surface area contributed by atoms with Gasteiger partial charge in [-0.3, -0.25) is 0 Å². The summed E-state index contributed by atoms with van der Waals surface area (Å²) in [5.41, 5.74) is -2.72. The molecule has 0 aliphatic heterocycles. The second-order valence-corrected chi connectivity index (χ2v) is 7.44. The predicted octanol–water partition coefficient (Wildman–Crippen LogP) is 4.69. The van der Waals surface area contributed by atoms with Crippen molar-refractivity contribution in [2.24, 2.45) is 0 Å². The number of urea groups is 1. The maximum Gasteiger partial charge on any atom is 0.420 e. The Labute approximate surface area is 195 Å². The van der Waals surface area contributed by atoms with Gasteiger partial charge in [-0.25, -0.2) is 19.3 Å². The van der Waals surface area contributed by atoms with Crippen molar-refractivity contribution in [2.45, 2.75) is 25.2 Å². The first-order valence-corrected chi connectivity index (χ1v) is 9.85. The molecule has 0 saturated heterocycles. The van der Waals surface area contributed by atoms with Crippen LogP contribution < -0.4 is 10.6 Å². The molecule has 2 N–H and O–H groups in total. The minimum absolute atomic E-state index is 0.132. The van der Waals surface area contributed by atoms with E-state index in [0.717, 1.165) is 36.2 Å². The van der Waals surface area contributed by atoms with E-state index in [2.05, 4.69) is 35.9 Å². The number of rotatable bonds is 4. The van der Waals surface area contributed by atoms with E-state index < -0.39 is 46.9 Å². The SMILES string of the molecule is CC(c1c(NC(=O)Nc2cnc(-n3nccn3)c(C(F)(F)F)c2)cnn2cc(Cl)nc12)C(F)(F)F. The van der Waals surface area contributed by atoms with Gasteiger partial charge in [0.1, 0.15) is 10.7 Å². The highest BCUT2D eigenvalue weighted by atomic mass is 35.5. The topological polar surface area (TPSA) is 115 Å². The molecule has 2 amide bonds. The van der Waals surface area contributed by atoms with Gasteiger partial charge in [0.2, 0.25) is 0 Å². The molecular formula is C18H12ClF6N9O. The fraction of sp³-hybridized carbons (Fsp3) is 0.222. The summed E-state index contributed by atoms with van der Waals surface area (Å²) in [6.45, 7) is 0.850. The molecule has 17 heteroatoms. The number of fused-ring (bicyclic) bond motifs is 1. The van der Waals surface area contributed by atoms with E-state index in [4.69, 9.17) is 11.6 Å². The summed E-state index contributed by atoms with van der Waals surface area (Å²) in [4.78, 5) is 20.6. The third-order valence-electron chi connectivity index (χ3n) is 4.71. The van der Waals surface area contributed by atoms with Gasteiger partial charge in [0.05, 0.1) is 48.3 Å². The number of nitrogens with zero attached hydrogens (tertiary/aromatic N) is 7. The molecule has 1 atom stereocenters. The van der Waals surface area contributed by atoms with E-state index in [-0.39, 0.29) is 16.5 Å². The number of carbonyl (C=O) groups is 1. The van der Waals surface area contributed by atoms with Crippen LogP contribution in [0.3, 0.4) is 0 Å². The molecule has 35 heavy (non-hydrogen) atoms. The van der Waals surface area contributed by atoms with Crippen molar-refractivity contribution in [3.05, 3.63) is 53.3 Å². The third kappa shape index (κ3) is 4.96. The van der Waals surface area contributed by atoms with Crippen LogP contribution in [0.1, 0.15) is 24.0 Å². The summed E-state index contributed by atoms with van der Waals surface area (Å²) in [5, 5.41) is 15.2. The third-order valence-corrected chi connectivity index (χ3v) is 4.89. The van der Waals surface area contributed by atoms with Crippen LogP contribution in [0, 0.1) is 0 Å². The van der Waals surface area contributed by atoms with Crippen LogP contribution in [0.15, 0.2) is 37.1 Å². The minimum Gasteiger partial charge on any atom is -0.306 e. The number of alkyl halides is 6. The summed E-state index contributed by atoms with van der Waals surface area (Å²) in [6.07, 6.45) is -4.27. The highest BCUT2D eigenvalue weighted by Gasteiger charge is 2.40. The van der Waals surface area contributed by atoms with Crippen LogP contribution in [0.4, 0.5) is 42.5 Å². The maximum atomic E-state index is 13.5. The second-order valence-electron chi connectivity index (χ2n) is 7.06. The summed E-state index contributed by atoms with van der Waals surface area (Å²) in [6, 6.07) is -0.565. The molecule has 4 aromatic heterocycles. The van der Waals surface area contributed by atoms with E-state index in [1.54, 1.807) is 0 Å². The number of pyridine rings is 1. The number of hydrogen-bond donors (Lipinski definition) is 2. The maximum absolute atomic E-state index is 13.5.